The molecule has 20 heavy (non-hydrogen) atoms. The minimum atomic E-state index is 0.0960. The third-order valence-corrected chi connectivity index (χ3v) is 4.46. The quantitative estimate of drug-likeness (QED) is 0.940. The predicted molar refractivity (Wildman–Crippen MR) is 78.0 cm³/mol. The van der Waals surface area contributed by atoms with E-state index >= 15 is 0 Å². The maximum Gasteiger partial charge on any atom is 0.265 e. The fourth-order valence-electron chi connectivity index (χ4n) is 2.28. The fourth-order valence-corrected chi connectivity index (χ4v) is 3.37. The van der Waals surface area contributed by atoms with Crippen molar-refractivity contribution in [3.8, 4) is 10.8 Å². The Hall–Kier alpha value is -1.66. The van der Waals surface area contributed by atoms with E-state index in [0.29, 0.717) is 0 Å². The molecule has 0 unspecified atom stereocenters. The molecule has 0 radical (unpaired) electrons. The number of amides is 1. The number of aryl methyl sites for hydroxylation is 1. The van der Waals surface area contributed by atoms with Gasteiger partial charge in [-0.15, -0.1) is 11.3 Å². The first-order valence-corrected chi connectivity index (χ1v) is 7.65. The SMILES string of the molecule is CCc1nc(-c2ccco2)sc1C(=O)N1CCNCC1. The Bertz CT molecular complexity index is 586. The fraction of sp³-hybridized carbons (Fsp3) is 0.429. The summed E-state index contributed by atoms with van der Waals surface area (Å²) in [6.45, 7) is 5.26. The zero-order valence-electron chi connectivity index (χ0n) is 11.4. The van der Waals surface area contributed by atoms with Crippen LogP contribution in [0.2, 0.25) is 0 Å². The van der Waals surface area contributed by atoms with Crippen molar-refractivity contribution in [2.45, 2.75) is 13.3 Å². The van der Waals surface area contributed by atoms with Crippen LogP contribution in [0.1, 0.15) is 22.3 Å². The molecule has 5 nitrogen and oxygen atoms in total. The molecular formula is C14H17N3O2S. The minimum absolute atomic E-state index is 0.0960. The van der Waals surface area contributed by atoms with Gasteiger partial charge in [-0.25, -0.2) is 4.98 Å². The van der Waals surface area contributed by atoms with E-state index in [1.54, 1.807) is 6.26 Å². The van der Waals surface area contributed by atoms with Gasteiger partial charge in [-0.05, 0) is 18.6 Å². The highest BCUT2D eigenvalue weighted by molar-refractivity contribution is 7.17. The summed E-state index contributed by atoms with van der Waals surface area (Å²) in [6, 6.07) is 3.71. The molecule has 1 amide bonds. The number of piperazine rings is 1. The molecule has 0 aliphatic carbocycles. The lowest BCUT2D eigenvalue weighted by molar-refractivity contribution is 0.0739. The smallest absolute Gasteiger partial charge is 0.265 e. The average Bonchev–Trinajstić information content (AvgIpc) is 3.16. The van der Waals surface area contributed by atoms with Crippen molar-refractivity contribution < 1.29 is 9.21 Å². The van der Waals surface area contributed by atoms with E-state index in [0.717, 1.165) is 53.9 Å². The second kappa shape index (κ2) is 5.76. The number of rotatable bonds is 3. The highest BCUT2D eigenvalue weighted by Gasteiger charge is 2.24. The average molecular weight is 291 g/mol. The van der Waals surface area contributed by atoms with E-state index in [4.69, 9.17) is 4.42 Å². The molecule has 2 aromatic rings. The number of thiazole rings is 1. The number of carbonyl (C=O) groups excluding carboxylic acids is 1. The van der Waals surface area contributed by atoms with Gasteiger partial charge < -0.3 is 14.6 Å². The standard InChI is InChI=1S/C14H17N3O2S/c1-2-10-12(14(18)17-7-5-15-6-8-17)20-13(16-10)11-4-3-9-19-11/h3-4,9,15H,2,5-8H2,1H3. The van der Waals surface area contributed by atoms with Gasteiger partial charge >= 0.3 is 0 Å². The van der Waals surface area contributed by atoms with E-state index in [2.05, 4.69) is 10.3 Å². The van der Waals surface area contributed by atoms with E-state index in [1.165, 1.54) is 11.3 Å². The molecule has 0 aromatic carbocycles. The van der Waals surface area contributed by atoms with Crippen LogP contribution in [-0.2, 0) is 6.42 Å². The van der Waals surface area contributed by atoms with Crippen molar-refractivity contribution in [3.05, 3.63) is 29.0 Å². The number of carbonyl (C=O) groups is 1. The highest BCUT2D eigenvalue weighted by Crippen LogP contribution is 2.29. The Morgan fingerprint density at radius 3 is 2.95 bits per heavy atom. The first-order valence-electron chi connectivity index (χ1n) is 6.83. The molecule has 1 fully saturated rings. The van der Waals surface area contributed by atoms with Crippen LogP contribution in [0, 0.1) is 0 Å². The second-order valence-corrected chi connectivity index (χ2v) is 5.67. The summed E-state index contributed by atoms with van der Waals surface area (Å²) in [7, 11) is 0. The molecule has 0 saturated carbocycles. The van der Waals surface area contributed by atoms with Crippen LogP contribution in [0.15, 0.2) is 22.8 Å². The van der Waals surface area contributed by atoms with Gasteiger partial charge in [0, 0.05) is 26.2 Å². The number of aromatic nitrogens is 1. The molecule has 106 valence electrons. The van der Waals surface area contributed by atoms with Crippen molar-refractivity contribution >= 4 is 17.2 Å². The first-order chi connectivity index (χ1) is 9.79. The van der Waals surface area contributed by atoms with E-state index in [-0.39, 0.29) is 5.91 Å². The summed E-state index contributed by atoms with van der Waals surface area (Å²) in [5, 5.41) is 4.04. The number of hydrogen-bond acceptors (Lipinski definition) is 5. The van der Waals surface area contributed by atoms with E-state index < -0.39 is 0 Å². The van der Waals surface area contributed by atoms with Crippen LogP contribution in [0.4, 0.5) is 0 Å². The molecule has 1 N–H and O–H groups in total. The number of nitrogens with one attached hydrogen (secondary N) is 1. The van der Waals surface area contributed by atoms with Crippen LogP contribution in [0.25, 0.3) is 10.8 Å². The van der Waals surface area contributed by atoms with Crippen molar-refractivity contribution in [1.82, 2.24) is 15.2 Å². The maximum absolute atomic E-state index is 12.6. The van der Waals surface area contributed by atoms with Crippen molar-refractivity contribution in [3.63, 3.8) is 0 Å². The largest absolute Gasteiger partial charge is 0.462 e. The van der Waals surface area contributed by atoms with Crippen molar-refractivity contribution in [1.29, 1.82) is 0 Å². The van der Waals surface area contributed by atoms with Gasteiger partial charge in [-0.3, -0.25) is 4.79 Å². The highest BCUT2D eigenvalue weighted by atomic mass is 32.1. The Balaban J connectivity index is 1.90. The number of hydrogen-bond donors (Lipinski definition) is 1. The van der Waals surface area contributed by atoms with Gasteiger partial charge in [0.05, 0.1) is 12.0 Å². The Morgan fingerprint density at radius 2 is 2.30 bits per heavy atom. The molecular weight excluding hydrogens is 274 g/mol. The first kappa shape index (κ1) is 13.3. The Labute approximate surface area is 121 Å². The van der Waals surface area contributed by atoms with Crippen LogP contribution in [-0.4, -0.2) is 42.0 Å². The summed E-state index contributed by atoms with van der Waals surface area (Å²) in [5.74, 6) is 0.822. The second-order valence-electron chi connectivity index (χ2n) is 4.67. The number of nitrogens with zero attached hydrogens (tertiary/aromatic N) is 2. The van der Waals surface area contributed by atoms with Crippen LogP contribution in [0.5, 0.6) is 0 Å². The monoisotopic (exact) mass is 291 g/mol. The third-order valence-electron chi connectivity index (χ3n) is 3.36. The van der Waals surface area contributed by atoms with Crippen molar-refractivity contribution in [2.24, 2.45) is 0 Å². The maximum atomic E-state index is 12.6. The summed E-state index contributed by atoms with van der Waals surface area (Å²) in [6.07, 6.45) is 2.38. The molecule has 6 heteroatoms. The Morgan fingerprint density at radius 1 is 1.50 bits per heavy atom. The third kappa shape index (κ3) is 2.48. The predicted octanol–water partition coefficient (Wildman–Crippen LogP) is 2.01. The van der Waals surface area contributed by atoms with E-state index in [1.807, 2.05) is 24.0 Å². The zero-order chi connectivity index (χ0) is 13.9. The van der Waals surface area contributed by atoms with Crippen LogP contribution < -0.4 is 5.32 Å². The van der Waals surface area contributed by atoms with Crippen molar-refractivity contribution in [2.75, 3.05) is 26.2 Å². The van der Waals surface area contributed by atoms with Gasteiger partial charge in [-0.2, -0.15) is 0 Å². The molecule has 1 aliphatic rings. The zero-order valence-corrected chi connectivity index (χ0v) is 12.2. The van der Waals surface area contributed by atoms with Gasteiger partial charge in [-0.1, -0.05) is 6.92 Å². The van der Waals surface area contributed by atoms with Crippen LogP contribution >= 0.6 is 11.3 Å². The van der Waals surface area contributed by atoms with Gasteiger partial charge in [0.25, 0.3) is 5.91 Å². The lowest BCUT2D eigenvalue weighted by Gasteiger charge is -2.27. The molecule has 3 rings (SSSR count). The lowest BCUT2D eigenvalue weighted by Crippen LogP contribution is -2.46. The summed E-state index contributed by atoms with van der Waals surface area (Å²) >= 11 is 1.43. The summed E-state index contributed by atoms with van der Waals surface area (Å²) < 4.78 is 5.37. The summed E-state index contributed by atoms with van der Waals surface area (Å²) in [5.41, 5.74) is 0.866. The molecule has 1 saturated heterocycles. The molecule has 0 spiro atoms. The minimum Gasteiger partial charge on any atom is -0.462 e. The molecule has 1 aliphatic heterocycles. The topological polar surface area (TPSA) is 58.4 Å². The van der Waals surface area contributed by atoms with Gasteiger partial charge in [0.15, 0.2) is 10.8 Å². The summed E-state index contributed by atoms with van der Waals surface area (Å²) in [4.78, 5) is 19.8. The normalized spacial score (nSPS) is 15.6. The Kier molecular flexibility index (Phi) is 3.84. The van der Waals surface area contributed by atoms with Gasteiger partial charge in [0.2, 0.25) is 0 Å². The molecule has 0 atom stereocenters. The molecule has 3 heterocycles. The van der Waals surface area contributed by atoms with Gasteiger partial charge in [0.1, 0.15) is 4.88 Å². The van der Waals surface area contributed by atoms with E-state index in [9.17, 15) is 4.79 Å². The molecule has 2 aromatic heterocycles. The van der Waals surface area contributed by atoms with Crippen LogP contribution in [0.3, 0.4) is 0 Å². The lowest BCUT2D eigenvalue weighted by atomic mass is 10.2. The molecule has 0 bridgehead atoms. The number of furan rings is 1.